The molecule has 0 aliphatic heterocycles. The second-order valence-electron chi connectivity index (χ2n) is 7.46. The molecule has 2 rings (SSSR count). The minimum Gasteiger partial charge on any atom is -0.333 e. The second kappa shape index (κ2) is 7.31. The Kier molecular flexibility index (Phi) is 5.64. The molecule has 0 atom stereocenters. The molecule has 1 aromatic rings. The predicted octanol–water partition coefficient (Wildman–Crippen LogP) is 3.76. The number of hydrogen-bond acceptors (Lipinski definition) is 2. The molecule has 0 spiro atoms. The van der Waals surface area contributed by atoms with Gasteiger partial charge in [0.25, 0.3) is 0 Å². The standard InChI is InChI=1S/C20H30N2O/c1-5-15-22(16-17-9-7-6-8-10-17)18(23)20(21-4)13-11-19(2,3)12-14-20/h5-10,21H,1,11-16H2,2-4H3. The average Bonchev–Trinajstić information content (AvgIpc) is 2.55. The smallest absolute Gasteiger partial charge is 0.243 e. The fourth-order valence-corrected chi connectivity index (χ4v) is 3.41. The van der Waals surface area contributed by atoms with Gasteiger partial charge in [0.1, 0.15) is 0 Å². The number of carbonyl (C=O) groups excluding carboxylic acids is 1. The molecule has 0 unspecified atom stereocenters. The van der Waals surface area contributed by atoms with Crippen molar-refractivity contribution >= 4 is 5.91 Å². The van der Waals surface area contributed by atoms with E-state index >= 15 is 0 Å². The van der Waals surface area contributed by atoms with Crippen LogP contribution in [0.2, 0.25) is 0 Å². The molecule has 3 heteroatoms. The summed E-state index contributed by atoms with van der Waals surface area (Å²) in [6, 6.07) is 10.2. The van der Waals surface area contributed by atoms with Gasteiger partial charge in [-0.2, -0.15) is 0 Å². The van der Waals surface area contributed by atoms with Gasteiger partial charge in [0, 0.05) is 13.1 Å². The topological polar surface area (TPSA) is 32.3 Å². The van der Waals surface area contributed by atoms with Crippen LogP contribution in [-0.4, -0.2) is 29.9 Å². The maximum atomic E-state index is 13.3. The fourth-order valence-electron chi connectivity index (χ4n) is 3.41. The molecule has 1 aromatic carbocycles. The minimum atomic E-state index is -0.423. The molecule has 1 aliphatic rings. The first-order valence-electron chi connectivity index (χ1n) is 8.56. The first-order chi connectivity index (χ1) is 10.9. The van der Waals surface area contributed by atoms with E-state index in [0.29, 0.717) is 18.5 Å². The Morgan fingerprint density at radius 2 is 1.83 bits per heavy atom. The molecule has 0 heterocycles. The van der Waals surface area contributed by atoms with Crippen molar-refractivity contribution in [2.75, 3.05) is 13.6 Å². The van der Waals surface area contributed by atoms with Crippen molar-refractivity contribution in [3.05, 3.63) is 48.6 Å². The highest BCUT2D eigenvalue weighted by Gasteiger charge is 2.44. The van der Waals surface area contributed by atoms with Crippen molar-refractivity contribution in [1.82, 2.24) is 10.2 Å². The first-order valence-corrected chi connectivity index (χ1v) is 8.56. The number of benzene rings is 1. The highest BCUT2D eigenvalue weighted by atomic mass is 16.2. The molecule has 0 saturated heterocycles. The number of likely N-dealkylation sites (N-methyl/N-ethyl adjacent to an activating group) is 1. The highest BCUT2D eigenvalue weighted by molar-refractivity contribution is 5.86. The van der Waals surface area contributed by atoms with E-state index < -0.39 is 5.54 Å². The number of nitrogens with one attached hydrogen (secondary N) is 1. The summed E-state index contributed by atoms with van der Waals surface area (Å²) in [5.74, 6) is 0.208. The zero-order chi connectivity index (χ0) is 16.9. The summed E-state index contributed by atoms with van der Waals surface area (Å²) in [4.78, 5) is 15.2. The van der Waals surface area contributed by atoms with Crippen molar-refractivity contribution in [2.45, 2.75) is 51.6 Å². The summed E-state index contributed by atoms with van der Waals surface area (Å²) in [5.41, 5.74) is 1.07. The molecule has 1 N–H and O–H groups in total. The summed E-state index contributed by atoms with van der Waals surface area (Å²) >= 11 is 0. The van der Waals surface area contributed by atoms with Crippen molar-refractivity contribution in [2.24, 2.45) is 5.41 Å². The van der Waals surface area contributed by atoms with Crippen LogP contribution in [0.15, 0.2) is 43.0 Å². The van der Waals surface area contributed by atoms with Crippen LogP contribution >= 0.6 is 0 Å². The van der Waals surface area contributed by atoms with Gasteiger partial charge in [0.15, 0.2) is 0 Å². The van der Waals surface area contributed by atoms with Gasteiger partial charge in [-0.05, 0) is 43.7 Å². The summed E-state index contributed by atoms with van der Waals surface area (Å²) in [5, 5.41) is 3.35. The Morgan fingerprint density at radius 1 is 1.22 bits per heavy atom. The Balaban J connectivity index is 2.17. The third kappa shape index (κ3) is 4.23. The SMILES string of the molecule is C=CCN(Cc1ccccc1)C(=O)C1(NC)CCC(C)(C)CC1. The summed E-state index contributed by atoms with van der Waals surface area (Å²) < 4.78 is 0. The third-order valence-electron chi connectivity index (χ3n) is 5.20. The predicted molar refractivity (Wildman–Crippen MR) is 96.1 cm³/mol. The van der Waals surface area contributed by atoms with E-state index in [0.717, 1.165) is 31.2 Å². The van der Waals surface area contributed by atoms with Crippen LogP contribution in [0.3, 0.4) is 0 Å². The van der Waals surface area contributed by atoms with E-state index in [2.05, 4.69) is 37.9 Å². The van der Waals surface area contributed by atoms with Crippen LogP contribution in [-0.2, 0) is 11.3 Å². The molecule has 1 amide bonds. The Hall–Kier alpha value is -1.61. The van der Waals surface area contributed by atoms with Gasteiger partial charge >= 0.3 is 0 Å². The molecule has 0 aromatic heterocycles. The summed E-state index contributed by atoms with van der Waals surface area (Å²) in [7, 11) is 1.92. The van der Waals surface area contributed by atoms with Crippen LogP contribution < -0.4 is 5.32 Å². The van der Waals surface area contributed by atoms with Crippen LogP contribution in [0.5, 0.6) is 0 Å². The molecule has 23 heavy (non-hydrogen) atoms. The molecule has 126 valence electrons. The van der Waals surface area contributed by atoms with E-state index in [1.165, 1.54) is 0 Å². The lowest BCUT2D eigenvalue weighted by Crippen LogP contribution is -2.59. The Labute approximate surface area is 140 Å². The van der Waals surface area contributed by atoms with E-state index in [-0.39, 0.29) is 5.91 Å². The van der Waals surface area contributed by atoms with Crippen molar-refractivity contribution < 1.29 is 4.79 Å². The van der Waals surface area contributed by atoms with E-state index in [1.54, 1.807) is 0 Å². The van der Waals surface area contributed by atoms with E-state index in [1.807, 2.05) is 36.2 Å². The van der Waals surface area contributed by atoms with Gasteiger partial charge in [-0.1, -0.05) is 50.3 Å². The maximum absolute atomic E-state index is 13.3. The van der Waals surface area contributed by atoms with Gasteiger partial charge < -0.3 is 10.2 Å². The van der Waals surface area contributed by atoms with Crippen molar-refractivity contribution in [3.8, 4) is 0 Å². The van der Waals surface area contributed by atoms with Crippen LogP contribution in [0.4, 0.5) is 0 Å². The molecule has 3 nitrogen and oxygen atoms in total. The number of hydrogen-bond donors (Lipinski definition) is 1. The molecule has 0 radical (unpaired) electrons. The summed E-state index contributed by atoms with van der Waals surface area (Å²) in [6.45, 7) is 9.64. The number of carbonyl (C=O) groups is 1. The zero-order valence-corrected chi connectivity index (χ0v) is 14.8. The molecule has 1 aliphatic carbocycles. The quantitative estimate of drug-likeness (QED) is 0.811. The largest absolute Gasteiger partial charge is 0.333 e. The van der Waals surface area contributed by atoms with Crippen molar-refractivity contribution in [1.29, 1.82) is 0 Å². The average molecular weight is 314 g/mol. The Morgan fingerprint density at radius 3 is 2.35 bits per heavy atom. The lowest BCUT2D eigenvalue weighted by atomic mass is 9.69. The van der Waals surface area contributed by atoms with Gasteiger partial charge in [-0.3, -0.25) is 4.79 Å². The highest BCUT2D eigenvalue weighted by Crippen LogP contribution is 2.41. The van der Waals surface area contributed by atoms with E-state index in [4.69, 9.17) is 0 Å². The second-order valence-corrected chi connectivity index (χ2v) is 7.46. The summed E-state index contributed by atoms with van der Waals surface area (Å²) in [6.07, 6.45) is 5.77. The fraction of sp³-hybridized carbons (Fsp3) is 0.550. The monoisotopic (exact) mass is 314 g/mol. The normalized spacial score (nSPS) is 19.1. The van der Waals surface area contributed by atoms with Gasteiger partial charge in [-0.25, -0.2) is 0 Å². The Bertz CT molecular complexity index is 526. The number of rotatable bonds is 6. The van der Waals surface area contributed by atoms with Crippen LogP contribution in [0.25, 0.3) is 0 Å². The lowest BCUT2D eigenvalue weighted by molar-refractivity contribution is -0.140. The van der Waals surface area contributed by atoms with Gasteiger partial charge in [0.2, 0.25) is 5.91 Å². The number of nitrogens with zero attached hydrogens (tertiary/aromatic N) is 1. The molecule has 0 bridgehead atoms. The van der Waals surface area contributed by atoms with Crippen LogP contribution in [0, 0.1) is 5.41 Å². The van der Waals surface area contributed by atoms with Crippen molar-refractivity contribution in [3.63, 3.8) is 0 Å². The number of amides is 1. The van der Waals surface area contributed by atoms with Gasteiger partial charge in [-0.15, -0.1) is 6.58 Å². The molecule has 1 saturated carbocycles. The maximum Gasteiger partial charge on any atom is 0.243 e. The lowest BCUT2D eigenvalue weighted by Gasteiger charge is -2.44. The van der Waals surface area contributed by atoms with E-state index in [9.17, 15) is 4.79 Å². The minimum absolute atomic E-state index is 0.208. The molecular formula is C20H30N2O. The molecule has 1 fully saturated rings. The first kappa shape index (κ1) is 17.7. The zero-order valence-electron chi connectivity index (χ0n) is 14.8. The third-order valence-corrected chi connectivity index (χ3v) is 5.20. The van der Waals surface area contributed by atoms with Crippen LogP contribution in [0.1, 0.15) is 45.1 Å². The molecular weight excluding hydrogens is 284 g/mol. The van der Waals surface area contributed by atoms with Gasteiger partial charge in [0.05, 0.1) is 5.54 Å².